The van der Waals surface area contributed by atoms with Crippen LogP contribution in [0.25, 0.3) is 10.2 Å². The summed E-state index contributed by atoms with van der Waals surface area (Å²) in [5.41, 5.74) is 1.04. The first-order valence-corrected chi connectivity index (χ1v) is 5.84. The molecule has 5 heteroatoms. The van der Waals surface area contributed by atoms with Gasteiger partial charge in [0.15, 0.2) is 0 Å². The molecule has 78 valence electrons. The van der Waals surface area contributed by atoms with Gasteiger partial charge in [-0.1, -0.05) is 0 Å². The highest BCUT2D eigenvalue weighted by Crippen LogP contribution is 2.27. The van der Waals surface area contributed by atoms with Crippen molar-refractivity contribution in [1.82, 2.24) is 9.97 Å². The number of thiophene rings is 1. The molecule has 0 aliphatic carbocycles. The van der Waals surface area contributed by atoms with Crippen molar-refractivity contribution in [3.63, 3.8) is 0 Å². The van der Waals surface area contributed by atoms with Crippen LogP contribution in [0.15, 0.2) is 17.8 Å². The van der Waals surface area contributed by atoms with E-state index >= 15 is 0 Å². The molecular formula is C10H11N3OS. The van der Waals surface area contributed by atoms with E-state index < -0.39 is 0 Å². The molecular weight excluding hydrogens is 210 g/mol. The number of fused-ring (bicyclic) bond motifs is 1. The summed E-state index contributed by atoms with van der Waals surface area (Å²) in [5.74, 6) is 1.05. The lowest BCUT2D eigenvalue weighted by molar-refractivity contribution is 0.122. The zero-order valence-corrected chi connectivity index (χ0v) is 9.04. The van der Waals surface area contributed by atoms with Gasteiger partial charge in [-0.15, -0.1) is 11.3 Å². The van der Waals surface area contributed by atoms with Crippen molar-refractivity contribution in [2.45, 2.75) is 0 Å². The molecule has 0 saturated carbocycles. The van der Waals surface area contributed by atoms with E-state index in [1.54, 1.807) is 17.7 Å². The normalized spacial score (nSPS) is 17.2. The molecule has 0 amide bonds. The van der Waals surface area contributed by atoms with Crippen LogP contribution >= 0.6 is 11.3 Å². The fourth-order valence-corrected chi connectivity index (χ4v) is 2.64. The quantitative estimate of drug-likeness (QED) is 0.732. The summed E-state index contributed by atoms with van der Waals surface area (Å²) in [7, 11) is 0. The maximum absolute atomic E-state index is 5.33. The second kappa shape index (κ2) is 3.75. The number of hydrogen-bond donors (Lipinski definition) is 0. The summed E-state index contributed by atoms with van der Waals surface area (Å²) in [6.45, 7) is 3.42. The second-order valence-electron chi connectivity index (χ2n) is 3.43. The van der Waals surface area contributed by atoms with Crippen molar-refractivity contribution < 1.29 is 4.74 Å². The Labute approximate surface area is 91.5 Å². The minimum absolute atomic E-state index is 0.789. The molecule has 2 aromatic heterocycles. The zero-order chi connectivity index (χ0) is 10.1. The van der Waals surface area contributed by atoms with Gasteiger partial charge in [-0.3, -0.25) is 0 Å². The van der Waals surface area contributed by atoms with Gasteiger partial charge in [-0.05, 0) is 11.4 Å². The molecule has 0 aromatic carbocycles. The van der Waals surface area contributed by atoms with E-state index in [2.05, 4.69) is 20.2 Å². The molecule has 0 unspecified atom stereocenters. The van der Waals surface area contributed by atoms with Gasteiger partial charge in [0, 0.05) is 13.1 Å². The number of ether oxygens (including phenoxy) is 1. The van der Waals surface area contributed by atoms with E-state index in [4.69, 9.17) is 4.74 Å². The average Bonchev–Trinajstić information content (AvgIpc) is 2.78. The van der Waals surface area contributed by atoms with E-state index in [0.717, 1.165) is 37.6 Å². The third kappa shape index (κ3) is 1.57. The Kier molecular flexibility index (Phi) is 2.26. The van der Waals surface area contributed by atoms with Crippen molar-refractivity contribution in [2.24, 2.45) is 0 Å². The Balaban J connectivity index is 2.05. The molecule has 1 saturated heterocycles. The van der Waals surface area contributed by atoms with Gasteiger partial charge in [-0.25, -0.2) is 9.97 Å². The first-order valence-electron chi connectivity index (χ1n) is 4.96. The number of morpholine rings is 1. The fraction of sp³-hybridized carbons (Fsp3) is 0.400. The van der Waals surface area contributed by atoms with Crippen LogP contribution < -0.4 is 4.90 Å². The Morgan fingerprint density at radius 1 is 1.27 bits per heavy atom. The summed E-state index contributed by atoms with van der Waals surface area (Å²) >= 11 is 1.70. The minimum atomic E-state index is 0.789. The van der Waals surface area contributed by atoms with E-state index in [0.29, 0.717) is 0 Å². The van der Waals surface area contributed by atoms with Crippen LogP contribution in [-0.2, 0) is 4.74 Å². The largest absolute Gasteiger partial charge is 0.378 e. The Morgan fingerprint density at radius 3 is 3.00 bits per heavy atom. The lowest BCUT2D eigenvalue weighted by Gasteiger charge is -2.27. The van der Waals surface area contributed by atoms with Crippen molar-refractivity contribution in [1.29, 1.82) is 0 Å². The van der Waals surface area contributed by atoms with E-state index in [1.165, 1.54) is 4.70 Å². The summed E-state index contributed by atoms with van der Waals surface area (Å²) in [6.07, 6.45) is 1.64. The highest BCUT2D eigenvalue weighted by atomic mass is 32.1. The number of hydrogen-bond acceptors (Lipinski definition) is 5. The molecule has 0 radical (unpaired) electrons. The summed E-state index contributed by atoms with van der Waals surface area (Å²) in [6, 6.07) is 2.03. The number of anilines is 1. The van der Waals surface area contributed by atoms with Crippen molar-refractivity contribution in [3.8, 4) is 0 Å². The highest BCUT2D eigenvalue weighted by Gasteiger charge is 2.15. The number of rotatable bonds is 1. The highest BCUT2D eigenvalue weighted by molar-refractivity contribution is 7.17. The molecule has 2 aromatic rings. The molecule has 0 N–H and O–H groups in total. The lowest BCUT2D eigenvalue weighted by atomic mass is 10.3. The minimum Gasteiger partial charge on any atom is -0.378 e. The van der Waals surface area contributed by atoms with Crippen LogP contribution in [0.2, 0.25) is 0 Å². The molecule has 4 nitrogen and oxygen atoms in total. The van der Waals surface area contributed by atoms with E-state index in [9.17, 15) is 0 Å². The van der Waals surface area contributed by atoms with Crippen molar-refractivity contribution >= 4 is 27.4 Å². The monoisotopic (exact) mass is 221 g/mol. The first kappa shape index (κ1) is 9.06. The van der Waals surface area contributed by atoms with Crippen molar-refractivity contribution in [2.75, 3.05) is 31.2 Å². The van der Waals surface area contributed by atoms with Gasteiger partial charge in [0.1, 0.15) is 12.1 Å². The SMILES string of the molecule is c1nc(N2CCOCC2)c2sccc2n1. The summed E-state index contributed by atoms with van der Waals surface area (Å²) in [4.78, 5) is 10.9. The maximum Gasteiger partial charge on any atom is 0.150 e. The summed E-state index contributed by atoms with van der Waals surface area (Å²) < 4.78 is 6.51. The molecule has 3 heterocycles. The second-order valence-corrected chi connectivity index (χ2v) is 4.35. The molecule has 1 aliphatic heterocycles. The van der Waals surface area contributed by atoms with E-state index in [-0.39, 0.29) is 0 Å². The molecule has 3 rings (SSSR count). The first-order chi connectivity index (χ1) is 7.45. The predicted octanol–water partition coefficient (Wildman–Crippen LogP) is 1.53. The number of aromatic nitrogens is 2. The van der Waals surface area contributed by atoms with Gasteiger partial charge in [0.25, 0.3) is 0 Å². The van der Waals surface area contributed by atoms with Crippen LogP contribution in [-0.4, -0.2) is 36.3 Å². The standard InChI is InChI=1S/C10H11N3OS/c1-6-15-9-8(1)11-7-12-10(9)13-2-4-14-5-3-13/h1,6-7H,2-5H2. The molecule has 15 heavy (non-hydrogen) atoms. The van der Waals surface area contributed by atoms with Crippen LogP contribution in [0.5, 0.6) is 0 Å². The topological polar surface area (TPSA) is 38.2 Å². The molecule has 1 aliphatic rings. The zero-order valence-electron chi connectivity index (χ0n) is 8.22. The number of nitrogens with zero attached hydrogens (tertiary/aromatic N) is 3. The maximum atomic E-state index is 5.33. The van der Waals surface area contributed by atoms with Gasteiger partial charge in [0.05, 0.1) is 23.4 Å². The molecule has 0 bridgehead atoms. The summed E-state index contributed by atoms with van der Waals surface area (Å²) in [5, 5.41) is 2.06. The Bertz CT molecular complexity index is 464. The third-order valence-electron chi connectivity index (χ3n) is 2.53. The van der Waals surface area contributed by atoms with Gasteiger partial charge in [-0.2, -0.15) is 0 Å². The molecule has 1 fully saturated rings. The smallest absolute Gasteiger partial charge is 0.150 e. The van der Waals surface area contributed by atoms with Crippen molar-refractivity contribution in [3.05, 3.63) is 17.8 Å². The predicted molar refractivity (Wildman–Crippen MR) is 60.4 cm³/mol. The Hall–Kier alpha value is -1.20. The lowest BCUT2D eigenvalue weighted by Crippen LogP contribution is -2.36. The van der Waals surface area contributed by atoms with Gasteiger partial charge in [0.2, 0.25) is 0 Å². The van der Waals surface area contributed by atoms with Gasteiger partial charge >= 0.3 is 0 Å². The Morgan fingerprint density at radius 2 is 2.13 bits per heavy atom. The third-order valence-corrected chi connectivity index (χ3v) is 3.43. The average molecular weight is 221 g/mol. The molecule has 0 spiro atoms. The van der Waals surface area contributed by atoms with Crippen LogP contribution in [0.3, 0.4) is 0 Å². The van der Waals surface area contributed by atoms with Crippen LogP contribution in [0.1, 0.15) is 0 Å². The van der Waals surface area contributed by atoms with Crippen LogP contribution in [0, 0.1) is 0 Å². The van der Waals surface area contributed by atoms with E-state index in [1.807, 2.05) is 6.07 Å². The van der Waals surface area contributed by atoms with Crippen LogP contribution in [0.4, 0.5) is 5.82 Å². The fourth-order valence-electron chi connectivity index (χ4n) is 1.78. The van der Waals surface area contributed by atoms with Gasteiger partial charge < -0.3 is 9.64 Å². The molecule has 0 atom stereocenters.